The predicted molar refractivity (Wildman–Crippen MR) is 114 cm³/mol. The van der Waals surface area contributed by atoms with E-state index in [2.05, 4.69) is 35.6 Å². The van der Waals surface area contributed by atoms with Gasteiger partial charge in [-0.05, 0) is 55.4 Å². The molecule has 0 aliphatic carbocycles. The zero-order chi connectivity index (χ0) is 18.7. The fourth-order valence-electron chi connectivity index (χ4n) is 2.53. The molecule has 1 heterocycles. The highest BCUT2D eigenvalue weighted by atomic mass is 35.5. The second-order valence-electron chi connectivity index (χ2n) is 5.95. The first-order chi connectivity index (χ1) is 12.4. The Morgan fingerprint density at radius 3 is 2.50 bits per heavy atom. The highest BCUT2D eigenvalue weighted by Crippen LogP contribution is 2.25. The van der Waals surface area contributed by atoms with Gasteiger partial charge in [-0.3, -0.25) is 4.68 Å². The Kier molecular flexibility index (Phi) is 5.81. The third kappa shape index (κ3) is 4.36. The van der Waals surface area contributed by atoms with Crippen LogP contribution in [-0.2, 0) is 6.54 Å². The summed E-state index contributed by atoms with van der Waals surface area (Å²) in [5, 5.41) is 12.4. The number of aryl methyl sites for hydroxylation is 1. The number of hydrogen-bond donors (Lipinski definition) is 2. The molecular formula is C19H18Cl2N4S. The largest absolute Gasteiger partial charge is 0.332 e. The fourth-order valence-corrected chi connectivity index (χ4v) is 3.28. The number of nitrogens with one attached hydrogen (secondary N) is 2. The van der Waals surface area contributed by atoms with Gasteiger partial charge in [0, 0.05) is 27.5 Å². The van der Waals surface area contributed by atoms with Crippen molar-refractivity contribution < 1.29 is 0 Å². The Bertz CT molecular complexity index is 932. The number of nitrogens with zero attached hydrogens (tertiary/aromatic N) is 2. The van der Waals surface area contributed by atoms with Gasteiger partial charge in [-0.2, -0.15) is 5.10 Å². The van der Waals surface area contributed by atoms with Crippen molar-refractivity contribution in [2.75, 3.05) is 10.6 Å². The maximum atomic E-state index is 6.22. The van der Waals surface area contributed by atoms with Gasteiger partial charge in [0.1, 0.15) is 0 Å². The Hall–Kier alpha value is -2.08. The summed E-state index contributed by atoms with van der Waals surface area (Å²) in [6, 6.07) is 11.5. The summed E-state index contributed by atoms with van der Waals surface area (Å²) in [5.41, 5.74) is 4.98. The minimum Gasteiger partial charge on any atom is -0.332 e. The van der Waals surface area contributed by atoms with E-state index in [1.165, 1.54) is 11.1 Å². The van der Waals surface area contributed by atoms with E-state index in [-0.39, 0.29) is 0 Å². The Balaban J connectivity index is 1.67. The van der Waals surface area contributed by atoms with E-state index in [0.29, 0.717) is 21.7 Å². The summed E-state index contributed by atoms with van der Waals surface area (Å²) in [4.78, 5) is 0. The van der Waals surface area contributed by atoms with Crippen LogP contribution in [-0.4, -0.2) is 14.9 Å². The summed E-state index contributed by atoms with van der Waals surface area (Å²) in [6.07, 6.45) is 3.57. The standard InChI is InChI=1S/C19H18Cl2N4S/c1-12-5-3-8-18(13(12)2)24-19(26)23-14-9-22-25(10-14)11-15-16(20)6-4-7-17(15)21/h3-10H,11H2,1-2H3,(H2,23,24,26). The Morgan fingerprint density at radius 1 is 1.08 bits per heavy atom. The van der Waals surface area contributed by atoms with Crippen LogP contribution in [0.5, 0.6) is 0 Å². The third-order valence-corrected chi connectivity index (χ3v) is 5.04. The zero-order valence-electron chi connectivity index (χ0n) is 14.4. The van der Waals surface area contributed by atoms with E-state index in [1.54, 1.807) is 10.9 Å². The van der Waals surface area contributed by atoms with E-state index in [1.807, 2.05) is 36.5 Å². The van der Waals surface area contributed by atoms with Crippen molar-refractivity contribution >= 4 is 51.9 Å². The van der Waals surface area contributed by atoms with Crippen molar-refractivity contribution in [3.8, 4) is 0 Å². The van der Waals surface area contributed by atoms with Gasteiger partial charge in [0.2, 0.25) is 0 Å². The molecule has 26 heavy (non-hydrogen) atoms. The van der Waals surface area contributed by atoms with E-state index in [4.69, 9.17) is 35.4 Å². The van der Waals surface area contributed by atoms with Crippen LogP contribution < -0.4 is 10.6 Å². The van der Waals surface area contributed by atoms with Gasteiger partial charge < -0.3 is 10.6 Å². The average Bonchev–Trinajstić information content (AvgIpc) is 3.02. The molecule has 134 valence electrons. The molecule has 2 aromatic carbocycles. The second kappa shape index (κ2) is 8.08. The summed E-state index contributed by atoms with van der Waals surface area (Å²) < 4.78 is 1.76. The maximum absolute atomic E-state index is 6.22. The van der Waals surface area contributed by atoms with Crippen LogP contribution in [0.15, 0.2) is 48.8 Å². The van der Waals surface area contributed by atoms with Crippen LogP contribution in [0.2, 0.25) is 10.0 Å². The van der Waals surface area contributed by atoms with Crippen LogP contribution in [0, 0.1) is 13.8 Å². The lowest BCUT2D eigenvalue weighted by atomic mass is 10.1. The lowest BCUT2D eigenvalue weighted by molar-refractivity contribution is 0.687. The predicted octanol–water partition coefficient (Wildman–Crippen LogP) is 5.66. The molecule has 0 spiro atoms. The lowest BCUT2D eigenvalue weighted by Gasteiger charge is -2.12. The number of benzene rings is 2. The molecule has 0 bridgehead atoms. The van der Waals surface area contributed by atoms with Crippen LogP contribution in [0.25, 0.3) is 0 Å². The van der Waals surface area contributed by atoms with Crippen molar-refractivity contribution in [1.82, 2.24) is 9.78 Å². The van der Waals surface area contributed by atoms with Gasteiger partial charge in [-0.15, -0.1) is 0 Å². The Labute approximate surface area is 168 Å². The zero-order valence-corrected chi connectivity index (χ0v) is 16.7. The van der Waals surface area contributed by atoms with Crippen LogP contribution in [0.3, 0.4) is 0 Å². The van der Waals surface area contributed by atoms with Gasteiger partial charge in [-0.25, -0.2) is 0 Å². The third-order valence-electron chi connectivity index (χ3n) is 4.13. The molecule has 0 saturated heterocycles. The molecule has 0 unspecified atom stereocenters. The molecule has 1 aromatic heterocycles. The van der Waals surface area contributed by atoms with Crippen molar-refractivity contribution in [2.45, 2.75) is 20.4 Å². The first kappa shape index (κ1) is 18.7. The van der Waals surface area contributed by atoms with Gasteiger partial charge in [0.15, 0.2) is 5.11 Å². The van der Waals surface area contributed by atoms with E-state index >= 15 is 0 Å². The fraction of sp³-hybridized carbons (Fsp3) is 0.158. The molecule has 4 nitrogen and oxygen atoms in total. The minimum absolute atomic E-state index is 0.483. The van der Waals surface area contributed by atoms with Crippen LogP contribution in [0.1, 0.15) is 16.7 Å². The Morgan fingerprint density at radius 2 is 1.77 bits per heavy atom. The topological polar surface area (TPSA) is 41.9 Å². The van der Waals surface area contributed by atoms with Crippen molar-refractivity contribution in [3.05, 3.63) is 75.5 Å². The molecule has 0 aliphatic rings. The molecule has 2 N–H and O–H groups in total. The quantitative estimate of drug-likeness (QED) is 0.550. The molecule has 0 amide bonds. The molecule has 0 saturated carbocycles. The summed E-state index contributed by atoms with van der Waals surface area (Å²) in [5.74, 6) is 0. The maximum Gasteiger partial charge on any atom is 0.175 e. The summed E-state index contributed by atoms with van der Waals surface area (Å²) in [6.45, 7) is 4.61. The molecule has 0 radical (unpaired) electrons. The van der Waals surface area contributed by atoms with Crippen LogP contribution in [0.4, 0.5) is 11.4 Å². The number of anilines is 2. The smallest absolute Gasteiger partial charge is 0.175 e. The summed E-state index contributed by atoms with van der Waals surface area (Å²) in [7, 11) is 0. The van der Waals surface area contributed by atoms with Crippen molar-refractivity contribution in [3.63, 3.8) is 0 Å². The SMILES string of the molecule is Cc1cccc(NC(=S)Nc2cnn(Cc3c(Cl)cccc3Cl)c2)c1C. The first-order valence-electron chi connectivity index (χ1n) is 8.03. The molecule has 0 atom stereocenters. The minimum atomic E-state index is 0.483. The number of aromatic nitrogens is 2. The first-order valence-corrected chi connectivity index (χ1v) is 9.20. The number of halogens is 2. The summed E-state index contributed by atoms with van der Waals surface area (Å²) >= 11 is 17.8. The molecular weight excluding hydrogens is 387 g/mol. The van der Waals surface area contributed by atoms with Gasteiger partial charge >= 0.3 is 0 Å². The highest BCUT2D eigenvalue weighted by molar-refractivity contribution is 7.80. The lowest BCUT2D eigenvalue weighted by Crippen LogP contribution is -2.19. The normalized spacial score (nSPS) is 10.6. The molecule has 7 heteroatoms. The average molecular weight is 405 g/mol. The molecule has 3 aromatic rings. The number of thiocarbonyl (C=S) groups is 1. The van der Waals surface area contributed by atoms with Gasteiger partial charge in [0.25, 0.3) is 0 Å². The second-order valence-corrected chi connectivity index (χ2v) is 7.18. The van der Waals surface area contributed by atoms with Crippen molar-refractivity contribution in [1.29, 1.82) is 0 Å². The van der Waals surface area contributed by atoms with Gasteiger partial charge in [0.05, 0.1) is 18.4 Å². The van der Waals surface area contributed by atoms with Gasteiger partial charge in [-0.1, -0.05) is 41.4 Å². The van der Waals surface area contributed by atoms with E-state index in [0.717, 1.165) is 16.9 Å². The van der Waals surface area contributed by atoms with E-state index in [9.17, 15) is 0 Å². The number of hydrogen-bond acceptors (Lipinski definition) is 2. The van der Waals surface area contributed by atoms with Crippen molar-refractivity contribution in [2.24, 2.45) is 0 Å². The van der Waals surface area contributed by atoms with Crippen LogP contribution >= 0.6 is 35.4 Å². The monoisotopic (exact) mass is 404 g/mol. The number of rotatable bonds is 4. The van der Waals surface area contributed by atoms with E-state index < -0.39 is 0 Å². The molecule has 3 rings (SSSR count). The molecule has 0 fully saturated rings. The highest BCUT2D eigenvalue weighted by Gasteiger charge is 2.09. The molecule has 0 aliphatic heterocycles.